The summed E-state index contributed by atoms with van der Waals surface area (Å²) in [5, 5.41) is 4.69. The number of pyridine rings is 1. The van der Waals surface area contributed by atoms with E-state index in [1.54, 1.807) is 0 Å². The molecular weight excluding hydrogens is 300 g/mol. The van der Waals surface area contributed by atoms with Gasteiger partial charge in [0.15, 0.2) is 0 Å². The molecule has 0 aliphatic carbocycles. The molecule has 0 bridgehead atoms. The molecule has 102 valence electrons. The van der Waals surface area contributed by atoms with Gasteiger partial charge in [-0.2, -0.15) is 0 Å². The average molecular weight is 321 g/mol. The molecule has 0 atom stereocenters. The van der Waals surface area contributed by atoms with Crippen molar-refractivity contribution in [1.82, 2.24) is 4.98 Å². The predicted molar refractivity (Wildman–Crippen MR) is 87.0 cm³/mol. The molecule has 2 nitrogen and oxygen atoms in total. The first-order chi connectivity index (χ1) is 9.04. The van der Waals surface area contributed by atoms with Gasteiger partial charge in [-0.3, -0.25) is 0 Å². The zero-order valence-electron chi connectivity index (χ0n) is 12.0. The molecule has 0 saturated carbocycles. The zero-order chi connectivity index (χ0) is 14.0. The molecule has 2 aromatic rings. The van der Waals surface area contributed by atoms with Crippen molar-refractivity contribution in [3.63, 3.8) is 0 Å². The van der Waals surface area contributed by atoms with E-state index in [1.165, 1.54) is 16.5 Å². The van der Waals surface area contributed by atoms with Crippen LogP contribution in [0.3, 0.4) is 0 Å². The summed E-state index contributed by atoms with van der Waals surface area (Å²) in [4.78, 5) is 4.84. The van der Waals surface area contributed by atoms with E-state index < -0.39 is 0 Å². The Morgan fingerprint density at radius 2 is 2.05 bits per heavy atom. The zero-order valence-corrected chi connectivity index (χ0v) is 13.6. The van der Waals surface area contributed by atoms with Gasteiger partial charge in [-0.05, 0) is 58.5 Å². The summed E-state index contributed by atoms with van der Waals surface area (Å²) in [6, 6.07) is 6.49. The fourth-order valence-corrected chi connectivity index (χ4v) is 2.64. The average Bonchev–Trinajstić information content (AvgIpc) is 2.39. The summed E-state index contributed by atoms with van der Waals surface area (Å²) in [6.45, 7) is 9.70. The standard InChI is InChI=1S/C16H21BrN2/c1-5-8-18-16-12(10(2)3)9-13-11(4)6-7-14(17)15(13)19-16/h6-7,9-10H,5,8H2,1-4H3,(H,18,19). The summed E-state index contributed by atoms with van der Waals surface area (Å²) in [5.74, 6) is 1.49. The smallest absolute Gasteiger partial charge is 0.130 e. The number of halogens is 1. The number of anilines is 1. The first-order valence-electron chi connectivity index (χ1n) is 6.88. The normalized spacial score (nSPS) is 11.3. The van der Waals surface area contributed by atoms with E-state index in [4.69, 9.17) is 4.98 Å². The largest absolute Gasteiger partial charge is 0.370 e. The minimum Gasteiger partial charge on any atom is -0.370 e. The fraction of sp³-hybridized carbons (Fsp3) is 0.438. The predicted octanol–water partition coefficient (Wildman–Crippen LogP) is 5.25. The molecule has 0 aliphatic heterocycles. The van der Waals surface area contributed by atoms with Crippen LogP contribution in [0.15, 0.2) is 22.7 Å². The number of rotatable bonds is 4. The van der Waals surface area contributed by atoms with Gasteiger partial charge in [0.2, 0.25) is 0 Å². The van der Waals surface area contributed by atoms with Crippen molar-refractivity contribution in [2.45, 2.75) is 40.0 Å². The van der Waals surface area contributed by atoms with Gasteiger partial charge in [0.25, 0.3) is 0 Å². The number of aryl methyl sites for hydroxylation is 1. The van der Waals surface area contributed by atoms with Gasteiger partial charge in [-0.25, -0.2) is 4.98 Å². The lowest BCUT2D eigenvalue weighted by Crippen LogP contribution is -2.07. The lowest BCUT2D eigenvalue weighted by atomic mass is 10.00. The van der Waals surface area contributed by atoms with Gasteiger partial charge < -0.3 is 5.32 Å². The van der Waals surface area contributed by atoms with Crippen molar-refractivity contribution in [2.24, 2.45) is 0 Å². The van der Waals surface area contributed by atoms with Gasteiger partial charge in [0, 0.05) is 16.4 Å². The number of nitrogens with one attached hydrogen (secondary N) is 1. The van der Waals surface area contributed by atoms with Crippen LogP contribution in [0.2, 0.25) is 0 Å². The minimum absolute atomic E-state index is 0.467. The minimum atomic E-state index is 0.467. The number of hydrogen-bond donors (Lipinski definition) is 1. The van der Waals surface area contributed by atoms with Crippen molar-refractivity contribution in [2.75, 3.05) is 11.9 Å². The number of hydrogen-bond acceptors (Lipinski definition) is 2. The Bertz CT molecular complexity index is 591. The molecule has 1 heterocycles. The number of aromatic nitrogens is 1. The van der Waals surface area contributed by atoms with Gasteiger partial charge >= 0.3 is 0 Å². The lowest BCUT2D eigenvalue weighted by Gasteiger charge is -2.16. The maximum Gasteiger partial charge on any atom is 0.130 e. The van der Waals surface area contributed by atoms with Crippen LogP contribution in [0, 0.1) is 6.92 Å². The molecule has 1 aromatic carbocycles. The first kappa shape index (κ1) is 14.3. The molecule has 19 heavy (non-hydrogen) atoms. The highest BCUT2D eigenvalue weighted by Crippen LogP contribution is 2.32. The van der Waals surface area contributed by atoms with Crippen LogP contribution >= 0.6 is 15.9 Å². The summed E-state index contributed by atoms with van der Waals surface area (Å²) < 4.78 is 1.06. The van der Waals surface area contributed by atoms with Crippen molar-refractivity contribution < 1.29 is 0 Å². The van der Waals surface area contributed by atoms with Crippen LogP contribution in [0.4, 0.5) is 5.82 Å². The molecular formula is C16H21BrN2. The molecule has 1 N–H and O–H groups in total. The maximum absolute atomic E-state index is 4.84. The maximum atomic E-state index is 4.84. The second-order valence-corrected chi connectivity index (χ2v) is 6.12. The SMILES string of the molecule is CCCNc1nc2c(Br)ccc(C)c2cc1C(C)C. The second kappa shape index (κ2) is 5.91. The molecule has 0 radical (unpaired) electrons. The lowest BCUT2D eigenvalue weighted by molar-refractivity contribution is 0.856. The molecule has 2 rings (SSSR count). The summed E-state index contributed by atoms with van der Waals surface area (Å²) in [5.41, 5.74) is 3.61. The second-order valence-electron chi connectivity index (χ2n) is 5.27. The van der Waals surface area contributed by atoms with Crippen molar-refractivity contribution in [3.05, 3.63) is 33.8 Å². The van der Waals surface area contributed by atoms with Gasteiger partial charge in [-0.15, -0.1) is 0 Å². The third-order valence-corrected chi connectivity index (χ3v) is 3.99. The molecule has 0 unspecified atom stereocenters. The van der Waals surface area contributed by atoms with E-state index in [1.807, 2.05) is 0 Å². The third kappa shape index (κ3) is 2.92. The Kier molecular flexibility index (Phi) is 4.46. The first-order valence-corrected chi connectivity index (χ1v) is 7.67. The number of fused-ring (bicyclic) bond motifs is 1. The topological polar surface area (TPSA) is 24.9 Å². The van der Waals surface area contributed by atoms with Gasteiger partial charge in [0.05, 0.1) is 5.52 Å². The highest BCUT2D eigenvalue weighted by Gasteiger charge is 2.12. The van der Waals surface area contributed by atoms with Crippen LogP contribution < -0.4 is 5.32 Å². The Morgan fingerprint density at radius 1 is 1.32 bits per heavy atom. The number of nitrogens with zero attached hydrogens (tertiary/aromatic N) is 1. The van der Waals surface area contributed by atoms with E-state index in [2.05, 4.69) is 67.1 Å². The molecule has 1 aromatic heterocycles. The third-order valence-electron chi connectivity index (χ3n) is 3.35. The van der Waals surface area contributed by atoms with Crippen molar-refractivity contribution >= 4 is 32.7 Å². The van der Waals surface area contributed by atoms with Crippen molar-refractivity contribution in [1.29, 1.82) is 0 Å². The van der Waals surface area contributed by atoms with E-state index in [0.29, 0.717) is 5.92 Å². The Hall–Kier alpha value is -1.09. The molecule has 0 fully saturated rings. The summed E-state index contributed by atoms with van der Waals surface area (Å²) in [7, 11) is 0. The highest BCUT2D eigenvalue weighted by atomic mass is 79.9. The van der Waals surface area contributed by atoms with E-state index in [-0.39, 0.29) is 0 Å². The Balaban J connectivity index is 2.65. The quantitative estimate of drug-likeness (QED) is 0.832. The summed E-state index contributed by atoms with van der Waals surface area (Å²) in [6.07, 6.45) is 1.10. The monoisotopic (exact) mass is 320 g/mol. The van der Waals surface area contributed by atoms with Crippen LogP contribution in [0.25, 0.3) is 10.9 Å². The van der Waals surface area contributed by atoms with Crippen LogP contribution in [-0.4, -0.2) is 11.5 Å². The molecule has 0 saturated heterocycles. The van der Waals surface area contributed by atoms with Gasteiger partial charge in [-0.1, -0.05) is 26.8 Å². The molecule has 0 aliphatic rings. The highest BCUT2D eigenvalue weighted by molar-refractivity contribution is 9.10. The molecule has 0 amide bonds. The summed E-state index contributed by atoms with van der Waals surface area (Å²) >= 11 is 3.60. The van der Waals surface area contributed by atoms with Crippen LogP contribution in [-0.2, 0) is 0 Å². The fourth-order valence-electron chi connectivity index (χ4n) is 2.20. The Morgan fingerprint density at radius 3 is 2.68 bits per heavy atom. The van der Waals surface area contributed by atoms with Crippen LogP contribution in [0.1, 0.15) is 44.2 Å². The van der Waals surface area contributed by atoms with E-state index in [9.17, 15) is 0 Å². The van der Waals surface area contributed by atoms with E-state index >= 15 is 0 Å². The van der Waals surface area contributed by atoms with E-state index in [0.717, 1.165) is 28.8 Å². The molecule has 3 heteroatoms. The van der Waals surface area contributed by atoms with Crippen LogP contribution in [0.5, 0.6) is 0 Å². The Labute approximate surface area is 123 Å². The van der Waals surface area contributed by atoms with Gasteiger partial charge in [0.1, 0.15) is 5.82 Å². The molecule has 0 spiro atoms. The number of benzene rings is 1. The van der Waals surface area contributed by atoms with Crippen molar-refractivity contribution in [3.8, 4) is 0 Å².